The number of carbonyl (C=O) groups is 1. The fourth-order valence-corrected chi connectivity index (χ4v) is 1.95. The van der Waals surface area contributed by atoms with Gasteiger partial charge < -0.3 is 14.8 Å². The molecule has 4 nitrogen and oxygen atoms in total. The number of methoxy groups -OCH3 is 1. The summed E-state index contributed by atoms with van der Waals surface area (Å²) in [7, 11) is 1.29. The summed E-state index contributed by atoms with van der Waals surface area (Å²) in [6, 6.07) is 9.80. The van der Waals surface area contributed by atoms with E-state index in [0.717, 1.165) is 0 Å². The van der Waals surface area contributed by atoms with E-state index in [4.69, 9.17) is 4.74 Å². The molecule has 7 heteroatoms. The third-order valence-corrected chi connectivity index (χ3v) is 3.02. The van der Waals surface area contributed by atoms with Gasteiger partial charge in [0.15, 0.2) is 11.5 Å². The zero-order valence-electron chi connectivity index (χ0n) is 12.2. The van der Waals surface area contributed by atoms with E-state index >= 15 is 0 Å². The highest BCUT2D eigenvalue weighted by molar-refractivity contribution is 5.97. The zero-order chi connectivity index (χ0) is 16.8. The summed E-state index contributed by atoms with van der Waals surface area (Å²) in [6.45, 7) is -2.97. The topological polar surface area (TPSA) is 47.6 Å². The van der Waals surface area contributed by atoms with Crippen LogP contribution in [0.25, 0.3) is 0 Å². The van der Waals surface area contributed by atoms with Crippen LogP contribution in [0.1, 0.15) is 15.9 Å². The third kappa shape index (κ3) is 4.38. The van der Waals surface area contributed by atoms with Crippen molar-refractivity contribution in [1.29, 1.82) is 0 Å². The van der Waals surface area contributed by atoms with Crippen molar-refractivity contribution >= 4 is 5.91 Å². The van der Waals surface area contributed by atoms with Crippen molar-refractivity contribution in [3.63, 3.8) is 0 Å². The first kappa shape index (κ1) is 16.7. The van der Waals surface area contributed by atoms with Crippen LogP contribution in [-0.4, -0.2) is 19.6 Å². The summed E-state index contributed by atoms with van der Waals surface area (Å²) in [6.07, 6.45) is 0. The number of amides is 1. The van der Waals surface area contributed by atoms with Gasteiger partial charge in [-0.1, -0.05) is 18.2 Å². The Hall–Kier alpha value is -2.70. The Morgan fingerprint density at radius 3 is 2.48 bits per heavy atom. The Balaban J connectivity index is 2.16. The van der Waals surface area contributed by atoms with E-state index in [-0.39, 0.29) is 29.4 Å². The highest BCUT2D eigenvalue weighted by atomic mass is 19.3. The summed E-state index contributed by atoms with van der Waals surface area (Å²) in [4.78, 5) is 12.2. The molecule has 0 radical (unpaired) electrons. The lowest BCUT2D eigenvalue weighted by Crippen LogP contribution is -2.24. The van der Waals surface area contributed by atoms with Crippen LogP contribution in [0.4, 0.5) is 13.2 Å². The van der Waals surface area contributed by atoms with Gasteiger partial charge in [0.2, 0.25) is 0 Å². The number of benzene rings is 2. The van der Waals surface area contributed by atoms with Crippen LogP contribution >= 0.6 is 0 Å². The van der Waals surface area contributed by atoms with Crippen LogP contribution in [-0.2, 0) is 6.54 Å². The molecule has 2 rings (SSSR count). The first-order valence-corrected chi connectivity index (χ1v) is 6.65. The van der Waals surface area contributed by atoms with Crippen molar-refractivity contribution in [3.8, 4) is 11.5 Å². The van der Waals surface area contributed by atoms with Gasteiger partial charge in [-0.25, -0.2) is 4.39 Å². The Morgan fingerprint density at radius 2 is 1.87 bits per heavy atom. The van der Waals surface area contributed by atoms with E-state index in [2.05, 4.69) is 10.1 Å². The standard InChI is InChI=1S/C16H14F3NO3/c1-22-13-4-2-3-12(14(13)23-16(18)19)15(21)20-9-10-5-7-11(17)8-6-10/h2-8,16H,9H2,1H3,(H,20,21). The molecule has 2 aromatic carbocycles. The minimum Gasteiger partial charge on any atom is -0.493 e. The Kier molecular flexibility index (Phi) is 5.46. The van der Waals surface area contributed by atoms with E-state index in [1.165, 1.54) is 49.6 Å². The highest BCUT2D eigenvalue weighted by Gasteiger charge is 2.20. The zero-order valence-corrected chi connectivity index (χ0v) is 12.2. The highest BCUT2D eigenvalue weighted by Crippen LogP contribution is 2.32. The van der Waals surface area contributed by atoms with Crippen LogP contribution in [0.5, 0.6) is 11.5 Å². The van der Waals surface area contributed by atoms with E-state index < -0.39 is 12.5 Å². The molecule has 122 valence electrons. The predicted molar refractivity (Wildman–Crippen MR) is 77.2 cm³/mol. The molecule has 0 atom stereocenters. The average Bonchev–Trinajstić information content (AvgIpc) is 2.53. The van der Waals surface area contributed by atoms with Crippen molar-refractivity contribution in [2.24, 2.45) is 0 Å². The molecule has 23 heavy (non-hydrogen) atoms. The Morgan fingerprint density at radius 1 is 1.17 bits per heavy atom. The van der Waals surface area contributed by atoms with Crippen molar-refractivity contribution in [1.82, 2.24) is 5.32 Å². The summed E-state index contributed by atoms with van der Waals surface area (Å²) < 4.78 is 47.2. The summed E-state index contributed by atoms with van der Waals surface area (Å²) >= 11 is 0. The van der Waals surface area contributed by atoms with Gasteiger partial charge in [0, 0.05) is 6.54 Å². The number of rotatable bonds is 6. The monoisotopic (exact) mass is 325 g/mol. The average molecular weight is 325 g/mol. The van der Waals surface area contributed by atoms with Crippen molar-refractivity contribution in [3.05, 3.63) is 59.4 Å². The van der Waals surface area contributed by atoms with E-state index in [1.54, 1.807) is 0 Å². The van der Waals surface area contributed by atoms with Gasteiger partial charge in [0.05, 0.1) is 12.7 Å². The molecule has 0 spiro atoms. The number of alkyl halides is 2. The van der Waals surface area contributed by atoms with Gasteiger partial charge in [-0.05, 0) is 29.8 Å². The number of ether oxygens (including phenoxy) is 2. The second-order valence-corrected chi connectivity index (χ2v) is 4.52. The van der Waals surface area contributed by atoms with Crippen molar-refractivity contribution < 1.29 is 27.4 Å². The minimum atomic E-state index is -3.09. The van der Waals surface area contributed by atoms with Gasteiger partial charge in [-0.2, -0.15) is 8.78 Å². The van der Waals surface area contributed by atoms with Crippen LogP contribution in [0, 0.1) is 5.82 Å². The van der Waals surface area contributed by atoms with Gasteiger partial charge in [-0.15, -0.1) is 0 Å². The van der Waals surface area contributed by atoms with Crippen LogP contribution in [0.2, 0.25) is 0 Å². The van der Waals surface area contributed by atoms with Gasteiger partial charge >= 0.3 is 6.61 Å². The molecule has 0 aliphatic heterocycles. The fraction of sp³-hybridized carbons (Fsp3) is 0.188. The molecule has 1 N–H and O–H groups in total. The number of para-hydroxylation sites is 1. The molecule has 2 aromatic rings. The number of hydrogen-bond donors (Lipinski definition) is 1. The quantitative estimate of drug-likeness (QED) is 0.886. The molecular formula is C16H14F3NO3. The molecule has 0 fully saturated rings. The van der Waals surface area contributed by atoms with Crippen molar-refractivity contribution in [2.45, 2.75) is 13.2 Å². The molecule has 0 unspecified atom stereocenters. The maximum atomic E-state index is 12.8. The largest absolute Gasteiger partial charge is 0.493 e. The molecule has 0 aliphatic rings. The second-order valence-electron chi connectivity index (χ2n) is 4.52. The number of halogens is 3. The van der Waals surface area contributed by atoms with Crippen LogP contribution in [0.3, 0.4) is 0 Å². The second kappa shape index (κ2) is 7.53. The van der Waals surface area contributed by atoms with Gasteiger partial charge in [0.1, 0.15) is 5.82 Å². The predicted octanol–water partition coefficient (Wildman–Crippen LogP) is 3.37. The number of nitrogens with one attached hydrogen (secondary N) is 1. The lowest BCUT2D eigenvalue weighted by Gasteiger charge is -2.14. The molecule has 0 aliphatic carbocycles. The molecule has 0 aromatic heterocycles. The molecule has 0 bridgehead atoms. The normalized spacial score (nSPS) is 10.5. The van der Waals surface area contributed by atoms with E-state index in [9.17, 15) is 18.0 Å². The third-order valence-electron chi connectivity index (χ3n) is 3.02. The Labute approximate surface area is 130 Å². The summed E-state index contributed by atoms with van der Waals surface area (Å²) in [5.41, 5.74) is 0.589. The van der Waals surface area contributed by atoms with E-state index in [0.29, 0.717) is 5.56 Å². The van der Waals surface area contributed by atoms with Gasteiger partial charge in [0.25, 0.3) is 5.91 Å². The smallest absolute Gasteiger partial charge is 0.387 e. The molecule has 0 heterocycles. The minimum absolute atomic E-state index is 0.0275. The number of hydrogen-bond acceptors (Lipinski definition) is 3. The van der Waals surface area contributed by atoms with E-state index in [1.807, 2.05) is 0 Å². The van der Waals surface area contributed by atoms with Crippen LogP contribution in [0.15, 0.2) is 42.5 Å². The molecular weight excluding hydrogens is 311 g/mol. The van der Waals surface area contributed by atoms with Crippen LogP contribution < -0.4 is 14.8 Å². The number of carbonyl (C=O) groups excluding carboxylic acids is 1. The Bertz CT molecular complexity index is 675. The lowest BCUT2D eigenvalue weighted by molar-refractivity contribution is -0.0515. The molecule has 1 amide bonds. The first-order valence-electron chi connectivity index (χ1n) is 6.65. The maximum Gasteiger partial charge on any atom is 0.387 e. The SMILES string of the molecule is COc1cccc(C(=O)NCc2ccc(F)cc2)c1OC(F)F. The summed E-state index contributed by atoms with van der Waals surface area (Å²) in [5.74, 6) is -1.30. The van der Waals surface area contributed by atoms with Crippen molar-refractivity contribution in [2.75, 3.05) is 7.11 Å². The molecule has 0 saturated carbocycles. The fourth-order valence-electron chi connectivity index (χ4n) is 1.95. The molecule has 0 saturated heterocycles. The summed E-state index contributed by atoms with van der Waals surface area (Å²) in [5, 5.41) is 2.56. The first-order chi connectivity index (χ1) is 11.0. The maximum absolute atomic E-state index is 12.8. The lowest BCUT2D eigenvalue weighted by atomic mass is 10.1. The van der Waals surface area contributed by atoms with Gasteiger partial charge in [-0.3, -0.25) is 4.79 Å².